The van der Waals surface area contributed by atoms with E-state index >= 15 is 0 Å². The van der Waals surface area contributed by atoms with Gasteiger partial charge in [-0.1, -0.05) is 38.1 Å². The Bertz CT molecular complexity index is 960. The molecule has 3 rings (SSSR count). The standard InChI is InChI=1S/C23H26N2O3S/c1-14(2)13-28-18-10-9-17(11-19(18)27-5)12-20-22(26)25-23(29-20)24-21-15(3)7-6-8-16(21)4/h6-12,14H,13H2,1-5H3,(H,24,25,26)/b20-12-. The van der Waals surface area contributed by atoms with Gasteiger partial charge in [-0.25, -0.2) is 4.99 Å². The number of hydrogen-bond acceptors (Lipinski definition) is 5. The van der Waals surface area contributed by atoms with E-state index in [1.54, 1.807) is 7.11 Å². The Labute approximate surface area is 176 Å². The predicted octanol–water partition coefficient (Wildman–Crippen LogP) is 5.24. The van der Waals surface area contributed by atoms with Gasteiger partial charge in [0.05, 0.1) is 24.3 Å². The maximum atomic E-state index is 12.4. The summed E-state index contributed by atoms with van der Waals surface area (Å²) in [4.78, 5) is 17.7. The first kappa shape index (κ1) is 21.0. The highest BCUT2D eigenvalue weighted by Crippen LogP contribution is 2.33. The predicted molar refractivity (Wildman–Crippen MR) is 120 cm³/mol. The summed E-state index contributed by atoms with van der Waals surface area (Å²) in [5, 5.41) is 3.44. The van der Waals surface area contributed by atoms with Crippen molar-refractivity contribution >= 4 is 34.6 Å². The quantitative estimate of drug-likeness (QED) is 0.662. The number of thioether (sulfide) groups is 1. The number of aryl methyl sites for hydroxylation is 2. The molecule has 2 aromatic rings. The number of benzene rings is 2. The van der Waals surface area contributed by atoms with Crippen LogP contribution in [-0.2, 0) is 4.79 Å². The molecular weight excluding hydrogens is 384 g/mol. The van der Waals surface area contributed by atoms with E-state index in [1.165, 1.54) is 11.8 Å². The number of methoxy groups -OCH3 is 1. The van der Waals surface area contributed by atoms with Crippen LogP contribution in [0.15, 0.2) is 46.3 Å². The molecule has 1 amide bonds. The van der Waals surface area contributed by atoms with Crippen LogP contribution >= 0.6 is 11.8 Å². The molecule has 0 spiro atoms. The van der Waals surface area contributed by atoms with Crippen molar-refractivity contribution in [3.05, 3.63) is 58.0 Å². The average Bonchev–Trinajstić information content (AvgIpc) is 3.02. The van der Waals surface area contributed by atoms with Gasteiger partial charge in [0, 0.05) is 0 Å². The first-order valence-corrected chi connectivity index (χ1v) is 10.4. The number of carbonyl (C=O) groups excluding carboxylic acids is 1. The zero-order chi connectivity index (χ0) is 21.0. The van der Waals surface area contributed by atoms with E-state index in [4.69, 9.17) is 9.47 Å². The largest absolute Gasteiger partial charge is 0.493 e. The highest BCUT2D eigenvalue weighted by molar-refractivity contribution is 8.18. The van der Waals surface area contributed by atoms with Crippen molar-refractivity contribution in [2.45, 2.75) is 27.7 Å². The molecule has 5 nitrogen and oxygen atoms in total. The third kappa shape index (κ3) is 5.21. The van der Waals surface area contributed by atoms with E-state index in [0.29, 0.717) is 34.1 Å². The lowest BCUT2D eigenvalue weighted by Crippen LogP contribution is -2.19. The first-order chi connectivity index (χ1) is 13.9. The highest BCUT2D eigenvalue weighted by Gasteiger charge is 2.24. The molecule has 0 saturated carbocycles. The van der Waals surface area contributed by atoms with Gasteiger partial charge < -0.3 is 14.8 Å². The van der Waals surface area contributed by atoms with Crippen LogP contribution < -0.4 is 14.8 Å². The summed E-state index contributed by atoms with van der Waals surface area (Å²) in [5.74, 6) is 1.62. The lowest BCUT2D eigenvalue weighted by molar-refractivity contribution is -0.115. The second-order valence-electron chi connectivity index (χ2n) is 7.34. The summed E-state index contributed by atoms with van der Waals surface area (Å²) >= 11 is 1.34. The fourth-order valence-corrected chi connectivity index (χ4v) is 3.69. The normalized spacial score (nSPS) is 16.6. The van der Waals surface area contributed by atoms with Crippen LogP contribution in [0.2, 0.25) is 0 Å². The Morgan fingerprint density at radius 1 is 1.14 bits per heavy atom. The molecule has 1 saturated heterocycles. The number of aliphatic imine (C=N–C) groups is 1. The van der Waals surface area contributed by atoms with Crippen LogP contribution in [0.25, 0.3) is 6.08 Å². The molecule has 29 heavy (non-hydrogen) atoms. The van der Waals surface area contributed by atoms with E-state index < -0.39 is 0 Å². The van der Waals surface area contributed by atoms with Gasteiger partial charge in [0.2, 0.25) is 0 Å². The van der Waals surface area contributed by atoms with E-state index in [2.05, 4.69) is 24.2 Å². The Morgan fingerprint density at radius 3 is 2.52 bits per heavy atom. The summed E-state index contributed by atoms with van der Waals surface area (Å²) in [7, 11) is 1.61. The minimum atomic E-state index is -0.154. The molecule has 0 radical (unpaired) electrons. The maximum Gasteiger partial charge on any atom is 0.264 e. The Balaban J connectivity index is 1.82. The number of nitrogens with zero attached hydrogens (tertiary/aromatic N) is 1. The number of carbonyl (C=O) groups is 1. The van der Waals surface area contributed by atoms with E-state index in [9.17, 15) is 4.79 Å². The molecule has 0 unspecified atom stereocenters. The van der Waals surface area contributed by atoms with Crippen molar-refractivity contribution in [1.29, 1.82) is 0 Å². The van der Waals surface area contributed by atoms with Crippen LogP contribution in [0.3, 0.4) is 0 Å². The van der Waals surface area contributed by atoms with Gasteiger partial charge in [-0.05, 0) is 66.4 Å². The third-order valence-corrected chi connectivity index (χ3v) is 5.27. The first-order valence-electron chi connectivity index (χ1n) is 9.54. The van der Waals surface area contributed by atoms with Crippen molar-refractivity contribution in [2.75, 3.05) is 13.7 Å². The summed E-state index contributed by atoms with van der Waals surface area (Å²) in [6.07, 6.45) is 1.84. The molecular formula is C23H26N2O3S. The molecule has 1 N–H and O–H groups in total. The van der Waals surface area contributed by atoms with Gasteiger partial charge in [0.1, 0.15) is 0 Å². The summed E-state index contributed by atoms with van der Waals surface area (Å²) < 4.78 is 11.2. The topological polar surface area (TPSA) is 59.9 Å². The lowest BCUT2D eigenvalue weighted by Gasteiger charge is -2.12. The maximum absolute atomic E-state index is 12.4. The zero-order valence-corrected chi connectivity index (χ0v) is 18.2. The van der Waals surface area contributed by atoms with Crippen molar-refractivity contribution in [3.8, 4) is 11.5 Å². The average molecular weight is 411 g/mol. The van der Waals surface area contributed by atoms with Crippen molar-refractivity contribution in [2.24, 2.45) is 10.9 Å². The second-order valence-corrected chi connectivity index (χ2v) is 8.37. The number of nitrogens with one attached hydrogen (secondary N) is 1. The summed E-state index contributed by atoms with van der Waals surface area (Å²) in [5.41, 5.74) is 3.91. The van der Waals surface area contributed by atoms with Crippen LogP contribution in [0.4, 0.5) is 5.69 Å². The van der Waals surface area contributed by atoms with Gasteiger partial charge in [0.15, 0.2) is 16.7 Å². The van der Waals surface area contributed by atoms with Gasteiger partial charge in [-0.2, -0.15) is 0 Å². The van der Waals surface area contributed by atoms with Gasteiger partial charge in [0.25, 0.3) is 5.91 Å². The number of amidine groups is 1. The third-order valence-electron chi connectivity index (χ3n) is 4.36. The molecule has 1 heterocycles. The number of rotatable bonds is 6. The van der Waals surface area contributed by atoms with Crippen LogP contribution in [-0.4, -0.2) is 24.8 Å². The van der Waals surface area contributed by atoms with Gasteiger partial charge in [-0.3, -0.25) is 4.79 Å². The molecule has 152 valence electrons. The molecule has 1 aliphatic rings. The number of para-hydroxylation sites is 1. The Morgan fingerprint density at radius 2 is 1.86 bits per heavy atom. The minimum absolute atomic E-state index is 0.154. The zero-order valence-electron chi connectivity index (χ0n) is 17.4. The van der Waals surface area contributed by atoms with Gasteiger partial charge >= 0.3 is 0 Å². The van der Waals surface area contributed by atoms with Crippen molar-refractivity contribution in [1.82, 2.24) is 5.32 Å². The number of amides is 1. The summed E-state index contributed by atoms with van der Waals surface area (Å²) in [6, 6.07) is 11.7. The lowest BCUT2D eigenvalue weighted by atomic mass is 10.1. The monoisotopic (exact) mass is 410 g/mol. The molecule has 0 aliphatic carbocycles. The summed E-state index contributed by atoms with van der Waals surface area (Å²) in [6.45, 7) is 8.84. The molecule has 0 aromatic heterocycles. The molecule has 2 aromatic carbocycles. The molecule has 0 bridgehead atoms. The fraction of sp³-hybridized carbons (Fsp3) is 0.304. The molecule has 1 fully saturated rings. The Kier molecular flexibility index (Phi) is 6.64. The minimum Gasteiger partial charge on any atom is -0.493 e. The van der Waals surface area contributed by atoms with E-state index in [1.807, 2.05) is 56.3 Å². The van der Waals surface area contributed by atoms with E-state index in [0.717, 1.165) is 22.4 Å². The van der Waals surface area contributed by atoms with Crippen LogP contribution in [0.5, 0.6) is 11.5 Å². The van der Waals surface area contributed by atoms with Gasteiger partial charge in [-0.15, -0.1) is 0 Å². The number of ether oxygens (including phenoxy) is 2. The molecule has 1 aliphatic heterocycles. The fourth-order valence-electron chi connectivity index (χ4n) is 2.87. The van der Waals surface area contributed by atoms with Crippen LogP contribution in [0, 0.1) is 19.8 Å². The molecule has 6 heteroatoms. The molecule has 0 atom stereocenters. The smallest absolute Gasteiger partial charge is 0.264 e. The van der Waals surface area contributed by atoms with E-state index in [-0.39, 0.29) is 5.91 Å². The highest BCUT2D eigenvalue weighted by atomic mass is 32.2. The second kappa shape index (κ2) is 9.18. The van der Waals surface area contributed by atoms with Crippen molar-refractivity contribution in [3.63, 3.8) is 0 Å². The van der Waals surface area contributed by atoms with Crippen LogP contribution in [0.1, 0.15) is 30.5 Å². The van der Waals surface area contributed by atoms with Crippen molar-refractivity contribution < 1.29 is 14.3 Å². The SMILES string of the molecule is COc1cc(/C=C2\SC(=Nc3c(C)cccc3C)NC2=O)ccc1OCC(C)C. The Hall–Kier alpha value is -2.73. The number of hydrogen-bond donors (Lipinski definition) is 1.